The summed E-state index contributed by atoms with van der Waals surface area (Å²) < 4.78 is 0. The highest BCUT2D eigenvalue weighted by Crippen LogP contribution is 2.39. The van der Waals surface area contributed by atoms with E-state index in [0.717, 1.165) is 16.6 Å². The summed E-state index contributed by atoms with van der Waals surface area (Å²) in [6, 6.07) is 2.06. The molecule has 0 radical (unpaired) electrons. The maximum atomic E-state index is 4.73. The summed E-state index contributed by atoms with van der Waals surface area (Å²) in [6.45, 7) is 0. The topological polar surface area (TPSA) is 57.4 Å². The number of aromatic amines is 2. The van der Waals surface area contributed by atoms with E-state index < -0.39 is 0 Å². The third-order valence-electron chi connectivity index (χ3n) is 3.63. The lowest BCUT2D eigenvalue weighted by Crippen LogP contribution is -2.11. The molecule has 0 aromatic carbocycles. The predicted octanol–water partition coefficient (Wildman–Crippen LogP) is 2.71. The minimum Gasteiger partial charge on any atom is -0.346 e. The van der Waals surface area contributed by atoms with E-state index in [1.165, 1.54) is 30.3 Å². The lowest BCUT2D eigenvalue weighted by atomic mass is 9.82. The Morgan fingerprint density at radius 2 is 2.19 bits per heavy atom. The van der Waals surface area contributed by atoms with Crippen LogP contribution in [0, 0.1) is 0 Å². The number of nitrogens with zero attached hydrogens (tertiary/aromatic N) is 2. The highest BCUT2D eigenvalue weighted by molar-refractivity contribution is 6.04. The number of fused-ring (bicyclic) bond motifs is 3. The van der Waals surface area contributed by atoms with Gasteiger partial charge in [-0.25, -0.2) is 4.98 Å². The average molecular weight is 212 g/mol. The van der Waals surface area contributed by atoms with Crippen molar-refractivity contribution in [3.05, 3.63) is 24.2 Å². The van der Waals surface area contributed by atoms with Crippen LogP contribution in [0.4, 0.5) is 0 Å². The number of aromatic nitrogens is 4. The minimum atomic E-state index is 0.621. The van der Waals surface area contributed by atoms with Gasteiger partial charge in [-0.1, -0.05) is 6.42 Å². The van der Waals surface area contributed by atoms with Gasteiger partial charge in [0.15, 0.2) is 0 Å². The second-order valence-corrected chi connectivity index (χ2v) is 4.52. The van der Waals surface area contributed by atoms with E-state index in [1.807, 2.05) is 12.4 Å². The van der Waals surface area contributed by atoms with Crippen molar-refractivity contribution in [2.24, 2.45) is 0 Å². The molecule has 3 aromatic heterocycles. The summed E-state index contributed by atoms with van der Waals surface area (Å²) >= 11 is 0. The van der Waals surface area contributed by atoms with Crippen molar-refractivity contribution in [1.29, 1.82) is 0 Å². The first-order valence-corrected chi connectivity index (χ1v) is 5.73. The molecule has 0 unspecified atom stereocenters. The molecule has 0 aliphatic heterocycles. The highest BCUT2D eigenvalue weighted by Gasteiger charge is 2.24. The molecule has 0 bridgehead atoms. The Balaban J connectivity index is 2.12. The Morgan fingerprint density at radius 3 is 3.00 bits per heavy atom. The van der Waals surface area contributed by atoms with Crippen molar-refractivity contribution in [2.75, 3.05) is 0 Å². The van der Waals surface area contributed by atoms with Gasteiger partial charge in [0.2, 0.25) is 0 Å². The molecule has 0 spiro atoms. The van der Waals surface area contributed by atoms with Crippen LogP contribution in [0.15, 0.2) is 18.5 Å². The molecule has 3 heterocycles. The number of pyridine rings is 1. The normalized spacial score (nSPS) is 17.0. The van der Waals surface area contributed by atoms with Crippen LogP contribution in [0.2, 0.25) is 0 Å². The Hall–Kier alpha value is -1.84. The molecule has 0 saturated heterocycles. The fourth-order valence-corrected chi connectivity index (χ4v) is 2.51. The smallest absolute Gasteiger partial charge is 0.138 e. The van der Waals surface area contributed by atoms with E-state index in [2.05, 4.69) is 21.2 Å². The fraction of sp³-hybridized carbons (Fsp3) is 0.333. The van der Waals surface area contributed by atoms with Crippen molar-refractivity contribution >= 4 is 21.9 Å². The van der Waals surface area contributed by atoms with E-state index in [4.69, 9.17) is 4.98 Å². The van der Waals surface area contributed by atoms with Gasteiger partial charge in [-0.2, -0.15) is 5.10 Å². The van der Waals surface area contributed by atoms with Gasteiger partial charge in [0, 0.05) is 22.9 Å². The van der Waals surface area contributed by atoms with Gasteiger partial charge in [0.25, 0.3) is 0 Å². The van der Waals surface area contributed by atoms with E-state index in [0.29, 0.717) is 5.92 Å². The van der Waals surface area contributed by atoms with Crippen molar-refractivity contribution in [1.82, 2.24) is 20.2 Å². The maximum absolute atomic E-state index is 4.73. The molecular weight excluding hydrogens is 200 g/mol. The molecule has 4 nitrogen and oxygen atoms in total. The number of hydrogen-bond acceptors (Lipinski definition) is 2. The van der Waals surface area contributed by atoms with Crippen LogP contribution in [0.25, 0.3) is 21.9 Å². The van der Waals surface area contributed by atoms with Crippen LogP contribution in [-0.2, 0) is 0 Å². The van der Waals surface area contributed by atoms with Crippen molar-refractivity contribution in [3.63, 3.8) is 0 Å². The van der Waals surface area contributed by atoms with Crippen LogP contribution in [-0.4, -0.2) is 20.2 Å². The molecule has 2 N–H and O–H groups in total. The van der Waals surface area contributed by atoms with Gasteiger partial charge < -0.3 is 4.98 Å². The molecule has 80 valence electrons. The van der Waals surface area contributed by atoms with Gasteiger partial charge >= 0.3 is 0 Å². The quantitative estimate of drug-likeness (QED) is 0.651. The van der Waals surface area contributed by atoms with Gasteiger partial charge in [0.1, 0.15) is 5.65 Å². The standard InChI is InChI=1S/C12H12N4/c1-2-7(3-1)10-11-9(6-14-16-11)8-4-5-13-12(8)15-10/h4-7H,1-3H2,(H,13,15)(H,14,16). The Kier molecular flexibility index (Phi) is 1.48. The summed E-state index contributed by atoms with van der Waals surface area (Å²) in [7, 11) is 0. The van der Waals surface area contributed by atoms with Crippen LogP contribution in [0.5, 0.6) is 0 Å². The zero-order valence-electron chi connectivity index (χ0n) is 8.83. The Morgan fingerprint density at radius 1 is 1.25 bits per heavy atom. The third-order valence-corrected chi connectivity index (χ3v) is 3.63. The molecule has 16 heavy (non-hydrogen) atoms. The van der Waals surface area contributed by atoms with Gasteiger partial charge in [-0.15, -0.1) is 0 Å². The van der Waals surface area contributed by atoms with Crippen LogP contribution >= 0.6 is 0 Å². The van der Waals surface area contributed by atoms with E-state index in [9.17, 15) is 0 Å². The molecular formula is C12H12N4. The van der Waals surface area contributed by atoms with Crippen molar-refractivity contribution in [2.45, 2.75) is 25.2 Å². The largest absolute Gasteiger partial charge is 0.346 e. The van der Waals surface area contributed by atoms with E-state index in [1.54, 1.807) is 0 Å². The minimum absolute atomic E-state index is 0.621. The lowest BCUT2D eigenvalue weighted by Gasteiger charge is -2.25. The first-order chi connectivity index (χ1) is 7.93. The summed E-state index contributed by atoms with van der Waals surface area (Å²) in [4.78, 5) is 7.92. The Bertz CT molecular complexity index is 660. The Labute approximate surface area is 92.1 Å². The highest BCUT2D eigenvalue weighted by atomic mass is 15.1. The van der Waals surface area contributed by atoms with Crippen LogP contribution < -0.4 is 0 Å². The molecule has 1 aliphatic carbocycles. The maximum Gasteiger partial charge on any atom is 0.138 e. The zero-order chi connectivity index (χ0) is 10.5. The molecule has 3 aromatic rings. The monoisotopic (exact) mass is 212 g/mol. The molecule has 0 atom stereocenters. The molecule has 4 heteroatoms. The number of H-pyrrole nitrogens is 2. The predicted molar refractivity (Wildman–Crippen MR) is 62.3 cm³/mol. The average Bonchev–Trinajstić information content (AvgIpc) is 2.80. The molecule has 0 amide bonds. The molecule has 1 aliphatic rings. The second-order valence-electron chi connectivity index (χ2n) is 4.52. The summed E-state index contributed by atoms with van der Waals surface area (Å²) in [5.41, 5.74) is 3.29. The molecule has 1 saturated carbocycles. The number of hydrogen-bond donors (Lipinski definition) is 2. The van der Waals surface area contributed by atoms with Crippen molar-refractivity contribution < 1.29 is 0 Å². The van der Waals surface area contributed by atoms with Crippen molar-refractivity contribution in [3.8, 4) is 0 Å². The van der Waals surface area contributed by atoms with Crippen LogP contribution in [0.3, 0.4) is 0 Å². The summed E-state index contributed by atoms with van der Waals surface area (Å²) in [6.07, 6.45) is 7.68. The number of nitrogens with one attached hydrogen (secondary N) is 2. The number of rotatable bonds is 1. The lowest BCUT2D eigenvalue weighted by molar-refractivity contribution is 0.414. The second kappa shape index (κ2) is 2.84. The molecule has 4 rings (SSSR count). The summed E-state index contributed by atoms with van der Waals surface area (Å²) in [5, 5.41) is 9.59. The van der Waals surface area contributed by atoms with Gasteiger partial charge in [0.05, 0.1) is 17.4 Å². The SMILES string of the molecule is c1cc2c(nc(C3CCC3)c3[nH]ncc32)[nH]1. The molecule has 1 fully saturated rings. The van der Waals surface area contributed by atoms with E-state index in [-0.39, 0.29) is 0 Å². The third kappa shape index (κ3) is 0.939. The first-order valence-electron chi connectivity index (χ1n) is 5.73. The summed E-state index contributed by atoms with van der Waals surface area (Å²) in [5.74, 6) is 0.621. The fourth-order valence-electron chi connectivity index (χ4n) is 2.51. The van der Waals surface area contributed by atoms with Gasteiger partial charge in [-0.05, 0) is 18.9 Å². The zero-order valence-corrected chi connectivity index (χ0v) is 8.83. The van der Waals surface area contributed by atoms with E-state index >= 15 is 0 Å². The van der Waals surface area contributed by atoms with Crippen LogP contribution in [0.1, 0.15) is 30.9 Å². The van der Waals surface area contributed by atoms with Gasteiger partial charge in [-0.3, -0.25) is 5.10 Å². The first kappa shape index (κ1) is 8.33.